The summed E-state index contributed by atoms with van der Waals surface area (Å²) in [7, 11) is 0. The van der Waals surface area contributed by atoms with Gasteiger partial charge in [-0.25, -0.2) is 0 Å². The quantitative estimate of drug-likeness (QED) is 0.479. The molecule has 2 aliphatic carbocycles. The molecule has 1 aliphatic heterocycles. The van der Waals surface area contributed by atoms with Crippen molar-refractivity contribution < 1.29 is 4.79 Å². The van der Waals surface area contributed by atoms with Crippen LogP contribution in [0.5, 0.6) is 0 Å². The highest BCUT2D eigenvalue weighted by atomic mass is 16.2. The minimum absolute atomic E-state index is 0.204. The summed E-state index contributed by atoms with van der Waals surface area (Å²) in [5.41, 5.74) is 0. The maximum absolute atomic E-state index is 12.6. The Morgan fingerprint density at radius 3 is 2.07 bits per heavy atom. The molecule has 1 amide bonds. The van der Waals surface area contributed by atoms with Crippen LogP contribution in [-0.2, 0) is 4.79 Å². The van der Waals surface area contributed by atoms with Gasteiger partial charge in [0.1, 0.15) is 0 Å². The zero-order valence-electron chi connectivity index (χ0n) is 17.7. The number of hydrogen-bond acceptors (Lipinski definition) is 2. The molecule has 0 radical (unpaired) electrons. The van der Waals surface area contributed by atoms with Gasteiger partial charge in [-0.1, -0.05) is 13.8 Å². The standard InChI is InChI=1S/C22H40N4O/c1-4-16(5-2)21(27)26-13-11-19(12-14-26)25-22(23-6-3)24-15-20(17-7-8-17)18-9-10-18/h16-20H,4-15H2,1-3H3,(H2,23,24,25). The fourth-order valence-corrected chi connectivity index (χ4v) is 4.58. The SMILES string of the molecule is CCNC(=NCC(C1CC1)C1CC1)NC1CCN(C(=O)C(CC)CC)CC1. The first-order valence-corrected chi connectivity index (χ1v) is 11.5. The fraction of sp³-hybridized carbons (Fsp3) is 0.909. The van der Waals surface area contributed by atoms with Crippen molar-refractivity contribution in [1.29, 1.82) is 0 Å². The average molecular weight is 377 g/mol. The van der Waals surface area contributed by atoms with E-state index >= 15 is 0 Å². The molecule has 0 unspecified atom stereocenters. The Bertz CT molecular complexity index is 488. The summed E-state index contributed by atoms with van der Waals surface area (Å²) in [5, 5.41) is 7.08. The zero-order chi connectivity index (χ0) is 19.2. The van der Waals surface area contributed by atoms with Gasteiger partial charge in [-0.3, -0.25) is 9.79 Å². The van der Waals surface area contributed by atoms with Gasteiger partial charge in [0.05, 0.1) is 0 Å². The van der Waals surface area contributed by atoms with Gasteiger partial charge in [0.25, 0.3) is 0 Å². The molecule has 3 rings (SSSR count). The lowest BCUT2D eigenvalue weighted by Crippen LogP contribution is -2.50. The number of guanidine groups is 1. The first-order valence-electron chi connectivity index (χ1n) is 11.5. The van der Waals surface area contributed by atoms with E-state index in [0.29, 0.717) is 11.9 Å². The predicted molar refractivity (Wildman–Crippen MR) is 112 cm³/mol. The number of carbonyl (C=O) groups is 1. The van der Waals surface area contributed by atoms with Crippen molar-refractivity contribution in [3.63, 3.8) is 0 Å². The molecule has 1 heterocycles. The van der Waals surface area contributed by atoms with Crippen molar-refractivity contribution in [3.05, 3.63) is 0 Å². The molecule has 154 valence electrons. The minimum atomic E-state index is 0.204. The maximum Gasteiger partial charge on any atom is 0.225 e. The van der Waals surface area contributed by atoms with Crippen molar-refractivity contribution in [1.82, 2.24) is 15.5 Å². The largest absolute Gasteiger partial charge is 0.357 e. The van der Waals surface area contributed by atoms with Gasteiger partial charge in [0.2, 0.25) is 5.91 Å². The summed E-state index contributed by atoms with van der Waals surface area (Å²) >= 11 is 0. The van der Waals surface area contributed by atoms with Crippen LogP contribution in [0.3, 0.4) is 0 Å². The van der Waals surface area contributed by atoms with E-state index in [9.17, 15) is 4.79 Å². The number of likely N-dealkylation sites (tertiary alicyclic amines) is 1. The summed E-state index contributed by atoms with van der Waals surface area (Å²) in [4.78, 5) is 19.6. The van der Waals surface area contributed by atoms with Gasteiger partial charge in [-0.15, -0.1) is 0 Å². The summed E-state index contributed by atoms with van der Waals surface area (Å²) in [5.74, 6) is 4.26. The number of rotatable bonds is 9. The Labute approximate surface area is 165 Å². The molecule has 3 aliphatic rings. The lowest BCUT2D eigenvalue weighted by molar-refractivity contribution is -0.136. The molecule has 0 spiro atoms. The van der Waals surface area contributed by atoms with Gasteiger partial charge < -0.3 is 15.5 Å². The molecule has 0 atom stereocenters. The molecule has 1 saturated heterocycles. The van der Waals surface area contributed by atoms with Crippen LogP contribution < -0.4 is 10.6 Å². The molecule has 5 nitrogen and oxygen atoms in total. The second-order valence-corrected chi connectivity index (χ2v) is 8.82. The van der Waals surface area contributed by atoms with Gasteiger partial charge >= 0.3 is 0 Å². The van der Waals surface area contributed by atoms with Crippen molar-refractivity contribution in [2.24, 2.45) is 28.7 Å². The number of carbonyl (C=O) groups excluding carboxylic acids is 1. The van der Waals surface area contributed by atoms with E-state index in [4.69, 9.17) is 4.99 Å². The Hall–Kier alpha value is -1.26. The van der Waals surface area contributed by atoms with Crippen LogP contribution in [0, 0.1) is 23.7 Å². The number of amides is 1. The van der Waals surface area contributed by atoms with Crippen LogP contribution in [-0.4, -0.2) is 49.0 Å². The number of aliphatic imine (C=N–C) groups is 1. The summed E-state index contributed by atoms with van der Waals surface area (Å²) < 4.78 is 0. The number of hydrogen-bond donors (Lipinski definition) is 2. The third-order valence-electron chi connectivity index (χ3n) is 6.74. The second-order valence-electron chi connectivity index (χ2n) is 8.82. The molecule has 0 aromatic rings. The lowest BCUT2D eigenvalue weighted by atomic mass is 9.98. The molecule has 5 heteroatoms. The van der Waals surface area contributed by atoms with Crippen LogP contribution in [0.1, 0.15) is 72.1 Å². The first-order chi connectivity index (χ1) is 13.2. The van der Waals surface area contributed by atoms with Gasteiger partial charge in [-0.2, -0.15) is 0 Å². The van der Waals surface area contributed by atoms with Crippen LogP contribution in [0.15, 0.2) is 4.99 Å². The highest BCUT2D eigenvalue weighted by molar-refractivity contribution is 5.80. The van der Waals surface area contributed by atoms with Crippen molar-refractivity contribution in [3.8, 4) is 0 Å². The molecule has 3 fully saturated rings. The van der Waals surface area contributed by atoms with E-state index in [2.05, 4.69) is 36.3 Å². The third kappa shape index (κ3) is 5.86. The average Bonchev–Trinajstić information content (AvgIpc) is 3.57. The molecule has 2 saturated carbocycles. The predicted octanol–water partition coefficient (Wildman–Crippen LogP) is 3.40. The second kappa shape index (κ2) is 9.79. The Kier molecular flexibility index (Phi) is 7.42. The van der Waals surface area contributed by atoms with Crippen LogP contribution in [0.2, 0.25) is 0 Å². The maximum atomic E-state index is 12.6. The topological polar surface area (TPSA) is 56.7 Å². The van der Waals surface area contributed by atoms with E-state index in [-0.39, 0.29) is 5.92 Å². The zero-order valence-corrected chi connectivity index (χ0v) is 17.7. The van der Waals surface area contributed by atoms with Gasteiger partial charge in [-0.05, 0) is 76.0 Å². The molecule has 2 N–H and O–H groups in total. The van der Waals surface area contributed by atoms with Gasteiger partial charge in [0, 0.05) is 38.1 Å². The fourth-order valence-electron chi connectivity index (χ4n) is 4.58. The lowest BCUT2D eigenvalue weighted by Gasteiger charge is -2.35. The molecule has 0 aromatic heterocycles. The van der Waals surface area contributed by atoms with Crippen molar-refractivity contribution in [2.45, 2.75) is 78.2 Å². The first kappa shape index (κ1) is 20.5. The van der Waals surface area contributed by atoms with E-state index in [0.717, 1.165) is 75.6 Å². The number of nitrogens with zero attached hydrogens (tertiary/aromatic N) is 2. The number of nitrogens with one attached hydrogen (secondary N) is 2. The van der Waals surface area contributed by atoms with Crippen LogP contribution >= 0.6 is 0 Å². The van der Waals surface area contributed by atoms with Crippen LogP contribution in [0.4, 0.5) is 0 Å². The molecule has 0 aromatic carbocycles. The molecule has 27 heavy (non-hydrogen) atoms. The summed E-state index contributed by atoms with van der Waals surface area (Å²) in [6.45, 7) is 10.0. The monoisotopic (exact) mass is 376 g/mol. The number of piperidine rings is 1. The Balaban J connectivity index is 1.47. The van der Waals surface area contributed by atoms with E-state index in [1.807, 2.05) is 0 Å². The van der Waals surface area contributed by atoms with Crippen LogP contribution in [0.25, 0.3) is 0 Å². The molecular weight excluding hydrogens is 336 g/mol. The normalized spacial score (nSPS) is 21.8. The smallest absolute Gasteiger partial charge is 0.225 e. The Morgan fingerprint density at radius 2 is 1.59 bits per heavy atom. The summed E-state index contributed by atoms with van der Waals surface area (Å²) in [6, 6.07) is 0.425. The minimum Gasteiger partial charge on any atom is -0.357 e. The van der Waals surface area contributed by atoms with Crippen molar-refractivity contribution >= 4 is 11.9 Å². The highest BCUT2D eigenvalue weighted by Crippen LogP contribution is 2.49. The van der Waals surface area contributed by atoms with Gasteiger partial charge in [0.15, 0.2) is 5.96 Å². The molecular formula is C22H40N4O. The summed E-state index contributed by atoms with van der Waals surface area (Å²) in [6.07, 6.45) is 9.62. The highest BCUT2D eigenvalue weighted by Gasteiger charge is 2.41. The van der Waals surface area contributed by atoms with E-state index in [1.54, 1.807) is 0 Å². The van der Waals surface area contributed by atoms with E-state index < -0.39 is 0 Å². The molecule has 0 bridgehead atoms. The van der Waals surface area contributed by atoms with E-state index in [1.165, 1.54) is 25.7 Å². The third-order valence-corrected chi connectivity index (χ3v) is 6.74. The Morgan fingerprint density at radius 1 is 1.00 bits per heavy atom. The van der Waals surface area contributed by atoms with Crippen molar-refractivity contribution in [2.75, 3.05) is 26.2 Å².